The van der Waals surface area contributed by atoms with Crippen molar-refractivity contribution in [1.82, 2.24) is 5.32 Å². The summed E-state index contributed by atoms with van der Waals surface area (Å²) in [5.74, 6) is 1.09. The number of hydrogen-bond donors (Lipinski definition) is 1. The average molecular weight is 313 g/mol. The highest BCUT2D eigenvalue weighted by atomic mass is 32.2. The number of hydrogen-bond acceptors (Lipinski definition) is 4. The number of sulfone groups is 1. The minimum absolute atomic E-state index is 0.127. The molecule has 4 nitrogen and oxygen atoms in total. The summed E-state index contributed by atoms with van der Waals surface area (Å²) in [6.07, 6.45) is 3.76. The Morgan fingerprint density at radius 3 is 2.62 bits per heavy atom. The third-order valence-electron chi connectivity index (χ3n) is 3.41. The standard InChI is InChI=1S/C16H27NO3S/c1-5-10-17-15(7-6-11-21(4,18)19)14-9-8-13(2)12-16(14)20-3/h8-9,12,15,17H,5-7,10-11H2,1-4H3. The first-order chi connectivity index (χ1) is 9.87. The normalized spacial score (nSPS) is 13.1. The maximum atomic E-state index is 11.3. The van der Waals surface area contributed by atoms with E-state index in [0.29, 0.717) is 6.42 Å². The smallest absolute Gasteiger partial charge is 0.147 e. The molecule has 1 atom stereocenters. The summed E-state index contributed by atoms with van der Waals surface area (Å²) in [5.41, 5.74) is 2.26. The van der Waals surface area contributed by atoms with Crippen molar-refractivity contribution in [2.24, 2.45) is 0 Å². The van der Waals surface area contributed by atoms with Gasteiger partial charge >= 0.3 is 0 Å². The third-order valence-corrected chi connectivity index (χ3v) is 4.44. The van der Waals surface area contributed by atoms with E-state index >= 15 is 0 Å². The highest BCUT2D eigenvalue weighted by Gasteiger charge is 2.16. The number of nitrogens with one attached hydrogen (secondary N) is 1. The van der Waals surface area contributed by atoms with Gasteiger partial charge in [-0.15, -0.1) is 0 Å². The summed E-state index contributed by atoms with van der Waals surface area (Å²) >= 11 is 0. The summed E-state index contributed by atoms with van der Waals surface area (Å²) in [6, 6.07) is 6.28. The summed E-state index contributed by atoms with van der Waals surface area (Å²) in [4.78, 5) is 0. The Labute approximate surface area is 128 Å². The number of aryl methyl sites for hydroxylation is 1. The predicted octanol–water partition coefficient (Wildman–Crippen LogP) is 2.87. The van der Waals surface area contributed by atoms with Gasteiger partial charge in [0.2, 0.25) is 0 Å². The number of methoxy groups -OCH3 is 1. The molecule has 0 aromatic heterocycles. The molecule has 1 unspecified atom stereocenters. The molecular formula is C16H27NO3S. The van der Waals surface area contributed by atoms with E-state index in [4.69, 9.17) is 4.74 Å². The molecule has 1 rings (SSSR count). The molecule has 0 amide bonds. The Balaban J connectivity index is 2.86. The van der Waals surface area contributed by atoms with E-state index < -0.39 is 9.84 Å². The Hall–Kier alpha value is -1.07. The Bertz CT molecular complexity index is 540. The summed E-state index contributed by atoms with van der Waals surface area (Å²) < 4.78 is 28.0. The van der Waals surface area contributed by atoms with Crippen molar-refractivity contribution in [2.75, 3.05) is 25.7 Å². The van der Waals surface area contributed by atoms with Gasteiger partial charge in [0.15, 0.2) is 0 Å². The molecule has 0 saturated heterocycles. The zero-order chi connectivity index (χ0) is 15.9. The summed E-state index contributed by atoms with van der Waals surface area (Å²) in [7, 11) is -1.23. The SMILES string of the molecule is CCCNC(CCCS(C)(=O)=O)c1ccc(C)cc1OC. The molecule has 1 aromatic carbocycles. The summed E-state index contributed by atoms with van der Waals surface area (Å²) in [6.45, 7) is 5.05. The molecule has 0 aliphatic carbocycles. The van der Waals surface area contributed by atoms with Gasteiger partial charge in [0.1, 0.15) is 15.6 Å². The Kier molecular flexibility index (Phi) is 7.18. The Morgan fingerprint density at radius 2 is 2.05 bits per heavy atom. The van der Waals surface area contributed by atoms with E-state index in [0.717, 1.165) is 36.3 Å². The van der Waals surface area contributed by atoms with Crippen LogP contribution >= 0.6 is 0 Å². The molecule has 1 N–H and O–H groups in total. The van der Waals surface area contributed by atoms with Crippen molar-refractivity contribution in [3.8, 4) is 5.75 Å². The molecular weight excluding hydrogens is 286 g/mol. The molecule has 21 heavy (non-hydrogen) atoms. The van der Waals surface area contributed by atoms with Crippen molar-refractivity contribution < 1.29 is 13.2 Å². The number of benzene rings is 1. The second-order valence-corrected chi connectivity index (χ2v) is 7.78. The number of rotatable bonds is 9. The van der Waals surface area contributed by atoms with E-state index in [-0.39, 0.29) is 11.8 Å². The maximum Gasteiger partial charge on any atom is 0.147 e. The molecule has 0 radical (unpaired) electrons. The quantitative estimate of drug-likeness (QED) is 0.761. The van der Waals surface area contributed by atoms with Crippen LogP contribution in [0.4, 0.5) is 0 Å². The zero-order valence-corrected chi connectivity index (χ0v) is 14.3. The average Bonchev–Trinajstić information content (AvgIpc) is 2.41. The van der Waals surface area contributed by atoms with Crippen LogP contribution in [-0.4, -0.2) is 34.1 Å². The second kappa shape index (κ2) is 8.39. The van der Waals surface area contributed by atoms with Crippen LogP contribution in [0.2, 0.25) is 0 Å². The van der Waals surface area contributed by atoms with Crippen LogP contribution < -0.4 is 10.1 Å². The minimum atomic E-state index is -2.90. The molecule has 0 heterocycles. The lowest BCUT2D eigenvalue weighted by Crippen LogP contribution is -2.23. The molecule has 0 aliphatic rings. The fourth-order valence-electron chi connectivity index (χ4n) is 2.34. The lowest BCUT2D eigenvalue weighted by atomic mass is 9.99. The number of ether oxygens (including phenoxy) is 1. The monoisotopic (exact) mass is 313 g/mol. The summed E-state index contributed by atoms with van der Waals surface area (Å²) in [5, 5.41) is 3.49. The van der Waals surface area contributed by atoms with Gasteiger partial charge in [-0.05, 0) is 44.4 Å². The van der Waals surface area contributed by atoms with Crippen molar-refractivity contribution in [3.63, 3.8) is 0 Å². The van der Waals surface area contributed by atoms with Crippen molar-refractivity contribution in [3.05, 3.63) is 29.3 Å². The molecule has 1 aromatic rings. The molecule has 0 saturated carbocycles. The van der Waals surface area contributed by atoms with Gasteiger partial charge < -0.3 is 10.1 Å². The fraction of sp³-hybridized carbons (Fsp3) is 0.625. The topological polar surface area (TPSA) is 55.4 Å². The van der Waals surface area contributed by atoms with E-state index in [1.165, 1.54) is 6.26 Å². The van der Waals surface area contributed by atoms with Gasteiger partial charge in [-0.3, -0.25) is 0 Å². The van der Waals surface area contributed by atoms with Gasteiger partial charge in [-0.1, -0.05) is 19.1 Å². The highest BCUT2D eigenvalue weighted by Crippen LogP contribution is 2.29. The van der Waals surface area contributed by atoms with Crippen LogP contribution in [0, 0.1) is 6.92 Å². The lowest BCUT2D eigenvalue weighted by molar-refractivity contribution is 0.394. The maximum absolute atomic E-state index is 11.3. The predicted molar refractivity (Wildman–Crippen MR) is 87.7 cm³/mol. The molecule has 5 heteroatoms. The first-order valence-electron chi connectivity index (χ1n) is 7.43. The van der Waals surface area contributed by atoms with E-state index in [1.54, 1.807) is 7.11 Å². The third kappa shape index (κ3) is 6.48. The van der Waals surface area contributed by atoms with Gasteiger partial charge in [0.25, 0.3) is 0 Å². The van der Waals surface area contributed by atoms with Gasteiger partial charge in [-0.2, -0.15) is 0 Å². The van der Waals surface area contributed by atoms with Gasteiger partial charge in [0, 0.05) is 23.6 Å². The van der Waals surface area contributed by atoms with Gasteiger partial charge in [0.05, 0.1) is 7.11 Å². The van der Waals surface area contributed by atoms with E-state index in [9.17, 15) is 8.42 Å². The largest absolute Gasteiger partial charge is 0.496 e. The van der Waals surface area contributed by atoms with Crippen LogP contribution in [-0.2, 0) is 9.84 Å². The van der Waals surface area contributed by atoms with Crippen molar-refractivity contribution in [1.29, 1.82) is 0 Å². The van der Waals surface area contributed by atoms with Crippen LogP contribution in [0.3, 0.4) is 0 Å². The van der Waals surface area contributed by atoms with Crippen LogP contribution in [0.1, 0.15) is 43.4 Å². The Morgan fingerprint density at radius 1 is 1.33 bits per heavy atom. The zero-order valence-electron chi connectivity index (χ0n) is 13.5. The molecule has 0 bridgehead atoms. The molecule has 0 spiro atoms. The second-order valence-electron chi connectivity index (χ2n) is 5.52. The minimum Gasteiger partial charge on any atom is -0.496 e. The van der Waals surface area contributed by atoms with E-state index in [2.05, 4.69) is 24.4 Å². The van der Waals surface area contributed by atoms with Crippen LogP contribution in [0.5, 0.6) is 5.75 Å². The molecule has 120 valence electrons. The molecule has 0 fully saturated rings. The molecule has 0 aliphatic heterocycles. The van der Waals surface area contributed by atoms with E-state index in [1.807, 2.05) is 13.0 Å². The van der Waals surface area contributed by atoms with Crippen molar-refractivity contribution in [2.45, 2.75) is 39.2 Å². The lowest BCUT2D eigenvalue weighted by Gasteiger charge is -2.21. The van der Waals surface area contributed by atoms with Crippen molar-refractivity contribution >= 4 is 9.84 Å². The van der Waals surface area contributed by atoms with Crippen LogP contribution in [0.25, 0.3) is 0 Å². The van der Waals surface area contributed by atoms with Crippen LogP contribution in [0.15, 0.2) is 18.2 Å². The first kappa shape index (κ1) is 18.0. The first-order valence-corrected chi connectivity index (χ1v) is 9.49. The fourth-order valence-corrected chi connectivity index (χ4v) is 3.03. The van der Waals surface area contributed by atoms with Gasteiger partial charge in [-0.25, -0.2) is 8.42 Å². The highest BCUT2D eigenvalue weighted by molar-refractivity contribution is 7.90.